The molecule has 0 aliphatic rings. The second kappa shape index (κ2) is 10.2. The molecule has 3 rings (SSSR count). The first kappa shape index (κ1) is 21.1. The van der Waals surface area contributed by atoms with Crippen LogP contribution in [0.15, 0.2) is 64.5 Å². The lowest BCUT2D eigenvalue weighted by atomic mass is 10.2. The maximum absolute atomic E-state index is 13.0. The van der Waals surface area contributed by atoms with Crippen LogP contribution in [0.1, 0.15) is 18.9 Å². The van der Waals surface area contributed by atoms with Crippen molar-refractivity contribution < 1.29 is 9.53 Å². The number of rotatable bonds is 9. The number of para-hydroxylation sites is 1. The second-order valence-electron chi connectivity index (χ2n) is 6.68. The standard InChI is InChI=1S/C22H25N3O3S/c1-16(20(26)23-15-17-9-4-3-5-10-17)29-22-24-19-12-7-6-11-18(19)21(27)25(22)13-8-14-28-2/h3-7,9-12,16H,8,13-15H2,1-2H3,(H,23,26). The molecule has 0 bridgehead atoms. The molecule has 0 saturated carbocycles. The topological polar surface area (TPSA) is 73.2 Å². The van der Waals surface area contributed by atoms with Gasteiger partial charge in [0, 0.05) is 26.8 Å². The molecule has 1 aromatic heterocycles. The highest BCUT2D eigenvalue weighted by Crippen LogP contribution is 2.23. The number of amides is 1. The number of hydrogen-bond acceptors (Lipinski definition) is 5. The van der Waals surface area contributed by atoms with Crippen LogP contribution < -0.4 is 10.9 Å². The Bertz CT molecular complexity index is 1020. The third-order valence-electron chi connectivity index (χ3n) is 4.52. The maximum atomic E-state index is 13.0. The number of carbonyl (C=O) groups is 1. The quantitative estimate of drug-likeness (QED) is 0.332. The molecule has 6 nitrogen and oxygen atoms in total. The molecule has 0 fully saturated rings. The normalized spacial score (nSPS) is 12.1. The minimum atomic E-state index is -0.388. The van der Waals surface area contributed by atoms with E-state index in [2.05, 4.69) is 10.3 Å². The van der Waals surface area contributed by atoms with Gasteiger partial charge in [0.05, 0.1) is 16.2 Å². The van der Waals surface area contributed by atoms with Crippen molar-refractivity contribution in [3.8, 4) is 0 Å². The van der Waals surface area contributed by atoms with Gasteiger partial charge in [-0.05, 0) is 31.0 Å². The van der Waals surface area contributed by atoms with Gasteiger partial charge in [0.15, 0.2) is 5.16 Å². The number of methoxy groups -OCH3 is 1. The molecule has 1 heterocycles. The van der Waals surface area contributed by atoms with Crippen LogP contribution in [0.5, 0.6) is 0 Å². The summed E-state index contributed by atoms with van der Waals surface area (Å²) in [5.41, 5.74) is 1.59. The summed E-state index contributed by atoms with van der Waals surface area (Å²) >= 11 is 1.30. The first-order valence-corrected chi connectivity index (χ1v) is 10.4. The van der Waals surface area contributed by atoms with Crippen LogP contribution in [0.3, 0.4) is 0 Å². The summed E-state index contributed by atoms with van der Waals surface area (Å²) in [5.74, 6) is -0.0929. The van der Waals surface area contributed by atoms with Gasteiger partial charge in [0.1, 0.15) is 0 Å². The van der Waals surface area contributed by atoms with Gasteiger partial charge in [-0.1, -0.05) is 54.2 Å². The highest BCUT2D eigenvalue weighted by molar-refractivity contribution is 8.00. The number of nitrogens with zero attached hydrogens (tertiary/aromatic N) is 2. The summed E-state index contributed by atoms with van der Waals surface area (Å²) in [5, 5.41) is 3.69. The van der Waals surface area contributed by atoms with Crippen molar-refractivity contribution in [1.29, 1.82) is 0 Å². The Balaban J connectivity index is 1.78. The number of benzene rings is 2. The highest BCUT2D eigenvalue weighted by Gasteiger charge is 2.19. The van der Waals surface area contributed by atoms with Crippen LogP contribution >= 0.6 is 11.8 Å². The Hall–Kier alpha value is -2.64. The minimum Gasteiger partial charge on any atom is -0.385 e. The molecule has 29 heavy (non-hydrogen) atoms. The van der Waals surface area contributed by atoms with Gasteiger partial charge in [-0.2, -0.15) is 0 Å². The molecule has 0 spiro atoms. The molecule has 2 aromatic carbocycles. The molecular weight excluding hydrogens is 386 g/mol. The van der Waals surface area contributed by atoms with Crippen LogP contribution in [0.25, 0.3) is 10.9 Å². The smallest absolute Gasteiger partial charge is 0.262 e. The van der Waals surface area contributed by atoms with Gasteiger partial charge >= 0.3 is 0 Å². The Kier molecular flexibility index (Phi) is 7.43. The fourth-order valence-electron chi connectivity index (χ4n) is 2.94. The molecule has 0 saturated heterocycles. The third kappa shape index (κ3) is 5.46. The predicted octanol–water partition coefficient (Wildman–Crippen LogP) is 3.23. The van der Waals surface area contributed by atoms with E-state index in [0.717, 1.165) is 5.56 Å². The van der Waals surface area contributed by atoms with Crippen molar-refractivity contribution in [1.82, 2.24) is 14.9 Å². The van der Waals surface area contributed by atoms with Crippen LogP contribution in [0.4, 0.5) is 0 Å². The fraction of sp³-hybridized carbons (Fsp3) is 0.318. The van der Waals surface area contributed by atoms with E-state index in [-0.39, 0.29) is 16.7 Å². The number of hydrogen-bond donors (Lipinski definition) is 1. The molecule has 3 aromatic rings. The lowest BCUT2D eigenvalue weighted by Gasteiger charge is -2.16. The number of aromatic nitrogens is 2. The average Bonchev–Trinajstić information content (AvgIpc) is 2.75. The third-order valence-corrected chi connectivity index (χ3v) is 5.61. The maximum Gasteiger partial charge on any atom is 0.262 e. The van der Waals surface area contributed by atoms with Crippen LogP contribution in [-0.2, 0) is 22.6 Å². The Labute approximate surface area is 174 Å². The lowest BCUT2D eigenvalue weighted by Crippen LogP contribution is -2.31. The van der Waals surface area contributed by atoms with E-state index in [4.69, 9.17) is 4.74 Å². The molecule has 152 valence electrons. The van der Waals surface area contributed by atoms with Gasteiger partial charge < -0.3 is 10.1 Å². The fourth-order valence-corrected chi connectivity index (χ4v) is 3.90. The molecular formula is C22H25N3O3S. The lowest BCUT2D eigenvalue weighted by molar-refractivity contribution is -0.120. The Morgan fingerprint density at radius 1 is 1.17 bits per heavy atom. The van der Waals surface area contributed by atoms with E-state index >= 15 is 0 Å². The predicted molar refractivity (Wildman–Crippen MR) is 116 cm³/mol. The van der Waals surface area contributed by atoms with Crippen molar-refractivity contribution in [3.05, 3.63) is 70.5 Å². The Morgan fingerprint density at radius 3 is 2.66 bits per heavy atom. The number of nitrogens with one attached hydrogen (secondary N) is 1. The first-order chi connectivity index (χ1) is 14.1. The van der Waals surface area contributed by atoms with E-state index in [9.17, 15) is 9.59 Å². The zero-order chi connectivity index (χ0) is 20.6. The summed E-state index contributed by atoms with van der Waals surface area (Å²) in [7, 11) is 1.64. The van der Waals surface area contributed by atoms with Crippen LogP contribution in [0, 0.1) is 0 Å². The second-order valence-corrected chi connectivity index (χ2v) is 7.99. The van der Waals surface area contributed by atoms with Crippen LogP contribution in [0.2, 0.25) is 0 Å². The van der Waals surface area contributed by atoms with Crippen molar-refractivity contribution in [2.24, 2.45) is 0 Å². The summed E-state index contributed by atoms with van der Waals surface area (Å²) in [6.07, 6.45) is 0.693. The highest BCUT2D eigenvalue weighted by atomic mass is 32.2. The molecule has 0 radical (unpaired) electrons. The molecule has 7 heteroatoms. The SMILES string of the molecule is COCCCn1c(SC(C)C(=O)NCc2ccccc2)nc2ccccc2c1=O. The van der Waals surface area contributed by atoms with Crippen molar-refractivity contribution in [2.45, 2.75) is 36.8 Å². The van der Waals surface area contributed by atoms with Crippen molar-refractivity contribution >= 4 is 28.6 Å². The monoisotopic (exact) mass is 411 g/mol. The number of carbonyl (C=O) groups excluding carboxylic acids is 1. The van der Waals surface area contributed by atoms with Crippen molar-refractivity contribution in [2.75, 3.05) is 13.7 Å². The van der Waals surface area contributed by atoms with E-state index in [1.807, 2.05) is 55.5 Å². The summed E-state index contributed by atoms with van der Waals surface area (Å²) < 4.78 is 6.76. The number of ether oxygens (including phenoxy) is 1. The zero-order valence-electron chi connectivity index (χ0n) is 16.6. The minimum absolute atomic E-state index is 0.0916. The molecule has 1 amide bonds. The van der Waals surface area contributed by atoms with Gasteiger partial charge in [-0.25, -0.2) is 4.98 Å². The Morgan fingerprint density at radius 2 is 1.90 bits per heavy atom. The van der Waals surface area contributed by atoms with Gasteiger partial charge in [-0.3, -0.25) is 14.2 Å². The largest absolute Gasteiger partial charge is 0.385 e. The number of thioether (sulfide) groups is 1. The summed E-state index contributed by atoms with van der Waals surface area (Å²) in [6, 6.07) is 17.0. The summed E-state index contributed by atoms with van der Waals surface area (Å²) in [4.78, 5) is 30.2. The molecule has 1 atom stereocenters. The molecule has 1 unspecified atom stereocenters. The molecule has 1 N–H and O–H groups in total. The van der Waals surface area contributed by atoms with Crippen molar-refractivity contribution in [3.63, 3.8) is 0 Å². The molecule has 0 aliphatic carbocycles. The number of fused-ring (bicyclic) bond motifs is 1. The summed E-state index contributed by atoms with van der Waals surface area (Å²) in [6.45, 7) is 3.34. The van der Waals surface area contributed by atoms with E-state index in [1.54, 1.807) is 17.7 Å². The van der Waals surface area contributed by atoms with Crippen LogP contribution in [-0.4, -0.2) is 34.4 Å². The van der Waals surface area contributed by atoms with E-state index < -0.39 is 0 Å². The zero-order valence-corrected chi connectivity index (χ0v) is 17.4. The van der Waals surface area contributed by atoms with E-state index in [1.165, 1.54) is 11.8 Å². The van der Waals surface area contributed by atoms with Gasteiger partial charge in [0.2, 0.25) is 5.91 Å². The van der Waals surface area contributed by atoms with E-state index in [0.29, 0.717) is 42.2 Å². The van der Waals surface area contributed by atoms with Gasteiger partial charge in [0.25, 0.3) is 5.56 Å². The first-order valence-electron chi connectivity index (χ1n) is 9.57. The average molecular weight is 412 g/mol. The molecule has 0 aliphatic heterocycles. The van der Waals surface area contributed by atoms with Gasteiger partial charge in [-0.15, -0.1) is 0 Å².